The third-order valence-corrected chi connectivity index (χ3v) is 6.82. The van der Waals surface area contributed by atoms with Gasteiger partial charge < -0.3 is 20.0 Å². The van der Waals surface area contributed by atoms with Crippen molar-refractivity contribution in [2.45, 2.75) is 26.1 Å². The molecule has 2 aromatic carbocycles. The molecule has 2 aromatic heterocycles. The summed E-state index contributed by atoms with van der Waals surface area (Å²) in [5.41, 5.74) is 2.46. The molecule has 0 fully saturated rings. The number of benzene rings is 2. The number of amides is 3. The number of rotatable bonds is 10. The third kappa shape index (κ3) is 7.09. The van der Waals surface area contributed by atoms with E-state index in [9.17, 15) is 14.4 Å². The van der Waals surface area contributed by atoms with E-state index in [1.54, 1.807) is 53.9 Å². The van der Waals surface area contributed by atoms with E-state index in [1.165, 1.54) is 22.5 Å². The van der Waals surface area contributed by atoms with Gasteiger partial charge >= 0.3 is 0 Å². The van der Waals surface area contributed by atoms with Gasteiger partial charge in [0, 0.05) is 11.6 Å². The van der Waals surface area contributed by atoms with Crippen LogP contribution in [0.3, 0.4) is 0 Å². The van der Waals surface area contributed by atoms with Crippen LogP contribution in [-0.4, -0.2) is 29.2 Å². The fourth-order valence-corrected chi connectivity index (χ4v) is 4.53. The van der Waals surface area contributed by atoms with Crippen LogP contribution < -0.4 is 10.6 Å². The third-order valence-electron chi connectivity index (χ3n) is 5.70. The molecular formula is C28H26ClN3O4S. The van der Waals surface area contributed by atoms with Crippen molar-refractivity contribution in [3.63, 3.8) is 0 Å². The van der Waals surface area contributed by atoms with E-state index < -0.39 is 11.9 Å². The lowest BCUT2D eigenvalue weighted by molar-refractivity contribution is -0.141. The van der Waals surface area contributed by atoms with Crippen molar-refractivity contribution in [1.29, 1.82) is 0 Å². The van der Waals surface area contributed by atoms with Gasteiger partial charge in [0.25, 0.3) is 5.91 Å². The van der Waals surface area contributed by atoms with Crippen molar-refractivity contribution >= 4 is 40.7 Å². The van der Waals surface area contributed by atoms with Crippen LogP contribution in [0.25, 0.3) is 0 Å². The lowest BCUT2D eigenvalue weighted by atomic mass is 10.0. The molecule has 190 valence electrons. The van der Waals surface area contributed by atoms with Crippen molar-refractivity contribution in [3.8, 4) is 0 Å². The van der Waals surface area contributed by atoms with Gasteiger partial charge in [-0.1, -0.05) is 59.6 Å². The second kappa shape index (κ2) is 12.4. The van der Waals surface area contributed by atoms with E-state index in [-0.39, 0.29) is 31.4 Å². The summed E-state index contributed by atoms with van der Waals surface area (Å²) < 4.78 is 5.35. The van der Waals surface area contributed by atoms with Crippen molar-refractivity contribution < 1.29 is 18.8 Å². The monoisotopic (exact) mass is 535 g/mol. The van der Waals surface area contributed by atoms with E-state index in [4.69, 9.17) is 16.0 Å². The molecule has 2 heterocycles. The number of carbonyl (C=O) groups is 3. The molecule has 9 heteroatoms. The molecule has 0 radical (unpaired) electrons. The zero-order valence-corrected chi connectivity index (χ0v) is 21.7. The van der Waals surface area contributed by atoms with Crippen LogP contribution in [-0.2, 0) is 22.7 Å². The number of furan rings is 1. The minimum atomic E-state index is -0.947. The second-order valence-electron chi connectivity index (χ2n) is 8.42. The number of hydrogen-bond donors (Lipinski definition) is 2. The molecule has 4 rings (SSSR count). The Kier molecular flexibility index (Phi) is 8.77. The van der Waals surface area contributed by atoms with Crippen molar-refractivity contribution in [2.24, 2.45) is 0 Å². The fourth-order valence-electron chi connectivity index (χ4n) is 3.77. The number of aryl methyl sites for hydroxylation is 1. The van der Waals surface area contributed by atoms with Crippen molar-refractivity contribution in [3.05, 3.63) is 117 Å². The summed E-state index contributed by atoms with van der Waals surface area (Å²) in [6.07, 6.45) is 1.53. The largest absolute Gasteiger partial charge is 0.467 e. The van der Waals surface area contributed by atoms with Gasteiger partial charge in [-0.05, 0) is 53.8 Å². The molecule has 2 N–H and O–H groups in total. The van der Waals surface area contributed by atoms with Gasteiger partial charge in [0.05, 0.1) is 24.2 Å². The first kappa shape index (κ1) is 26.2. The molecule has 0 bridgehead atoms. The molecule has 0 spiro atoms. The van der Waals surface area contributed by atoms with Gasteiger partial charge in [0.15, 0.2) is 0 Å². The van der Waals surface area contributed by atoms with Crippen LogP contribution in [0.15, 0.2) is 88.9 Å². The number of nitrogens with zero attached hydrogens (tertiary/aromatic N) is 1. The Labute approximate surface area is 224 Å². The molecule has 0 aliphatic rings. The van der Waals surface area contributed by atoms with Gasteiger partial charge in [0.2, 0.25) is 11.8 Å². The first-order valence-electron chi connectivity index (χ1n) is 11.6. The zero-order valence-electron chi connectivity index (χ0n) is 20.1. The molecule has 1 atom stereocenters. The van der Waals surface area contributed by atoms with Crippen LogP contribution in [0.4, 0.5) is 0 Å². The maximum Gasteiger partial charge on any atom is 0.261 e. The van der Waals surface area contributed by atoms with Crippen LogP contribution in [0.2, 0.25) is 5.02 Å². The van der Waals surface area contributed by atoms with Gasteiger partial charge in [-0.2, -0.15) is 0 Å². The van der Waals surface area contributed by atoms with Crippen LogP contribution in [0.1, 0.15) is 38.2 Å². The summed E-state index contributed by atoms with van der Waals surface area (Å²) >= 11 is 7.35. The lowest BCUT2D eigenvalue weighted by Gasteiger charge is -2.32. The number of nitrogens with one attached hydrogen (secondary N) is 2. The maximum atomic E-state index is 13.6. The summed E-state index contributed by atoms with van der Waals surface area (Å²) in [5, 5.41) is 7.92. The van der Waals surface area contributed by atoms with Crippen molar-refractivity contribution in [2.75, 3.05) is 6.54 Å². The molecule has 0 saturated carbocycles. The fraction of sp³-hybridized carbons (Fsp3) is 0.179. The number of halogens is 1. The average Bonchev–Trinajstić information content (AvgIpc) is 3.62. The highest BCUT2D eigenvalue weighted by atomic mass is 35.5. The van der Waals surface area contributed by atoms with Crippen LogP contribution in [0, 0.1) is 6.92 Å². The SMILES string of the molecule is Cc1ccc([C@@H](C(=O)NCc2ccco2)N(Cc2ccc(Cl)cc2)C(=O)CNC(=O)c2cccs2)cc1. The van der Waals surface area contributed by atoms with E-state index >= 15 is 0 Å². The molecule has 4 aromatic rings. The van der Waals surface area contributed by atoms with Crippen molar-refractivity contribution in [1.82, 2.24) is 15.5 Å². The minimum absolute atomic E-state index is 0.136. The second-order valence-corrected chi connectivity index (χ2v) is 9.80. The smallest absolute Gasteiger partial charge is 0.261 e. The Hall–Kier alpha value is -3.88. The summed E-state index contributed by atoms with van der Waals surface area (Å²) in [7, 11) is 0. The highest BCUT2D eigenvalue weighted by Gasteiger charge is 2.32. The Bertz CT molecular complexity index is 1320. The Morgan fingerprint density at radius 2 is 1.73 bits per heavy atom. The van der Waals surface area contributed by atoms with Crippen LogP contribution in [0.5, 0.6) is 0 Å². The quantitative estimate of drug-likeness (QED) is 0.295. The standard InChI is InChI=1S/C28H26ClN3O4S/c1-19-6-10-21(11-7-19)26(28(35)30-16-23-4-2-14-36-23)32(18-20-8-12-22(29)13-9-20)25(33)17-31-27(34)24-5-3-15-37-24/h2-15,26H,16-18H2,1H3,(H,30,35)(H,31,34)/t26-/m0/s1. The highest BCUT2D eigenvalue weighted by molar-refractivity contribution is 7.12. The van der Waals surface area contributed by atoms with Gasteiger partial charge in [-0.25, -0.2) is 0 Å². The maximum absolute atomic E-state index is 13.6. The minimum Gasteiger partial charge on any atom is -0.467 e. The van der Waals surface area contributed by atoms with E-state index in [0.29, 0.717) is 21.2 Å². The molecule has 0 aliphatic carbocycles. The molecular weight excluding hydrogens is 510 g/mol. The summed E-state index contributed by atoms with van der Waals surface area (Å²) in [5.74, 6) is -0.524. The normalized spacial score (nSPS) is 11.5. The first-order valence-corrected chi connectivity index (χ1v) is 12.9. The average molecular weight is 536 g/mol. The molecule has 0 unspecified atom stereocenters. The lowest BCUT2D eigenvalue weighted by Crippen LogP contribution is -2.46. The molecule has 0 saturated heterocycles. The van der Waals surface area contributed by atoms with E-state index in [1.807, 2.05) is 31.2 Å². The number of thiophene rings is 1. The van der Waals surface area contributed by atoms with Crippen LogP contribution >= 0.6 is 22.9 Å². The van der Waals surface area contributed by atoms with Gasteiger partial charge in [-0.3, -0.25) is 14.4 Å². The van der Waals surface area contributed by atoms with E-state index in [0.717, 1.165) is 11.1 Å². The first-order chi connectivity index (χ1) is 17.9. The topological polar surface area (TPSA) is 91.7 Å². The van der Waals surface area contributed by atoms with E-state index in [2.05, 4.69) is 10.6 Å². The number of hydrogen-bond acceptors (Lipinski definition) is 5. The van der Waals surface area contributed by atoms with Gasteiger partial charge in [-0.15, -0.1) is 11.3 Å². The molecule has 0 aliphatic heterocycles. The molecule has 37 heavy (non-hydrogen) atoms. The Morgan fingerprint density at radius 1 is 0.973 bits per heavy atom. The predicted octanol–water partition coefficient (Wildman–Crippen LogP) is 5.12. The summed E-state index contributed by atoms with van der Waals surface area (Å²) in [6.45, 7) is 1.99. The Balaban J connectivity index is 1.63. The number of carbonyl (C=O) groups excluding carboxylic acids is 3. The summed E-state index contributed by atoms with van der Waals surface area (Å²) in [6, 6.07) is 20.5. The highest BCUT2D eigenvalue weighted by Crippen LogP contribution is 2.25. The van der Waals surface area contributed by atoms with Gasteiger partial charge in [0.1, 0.15) is 11.8 Å². The Morgan fingerprint density at radius 3 is 2.38 bits per heavy atom. The predicted molar refractivity (Wildman–Crippen MR) is 143 cm³/mol. The summed E-state index contributed by atoms with van der Waals surface area (Å²) in [4.78, 5) is 41.7. The zero-order chi connectivity index (χ0) is 26.2. The molecule has 3 amide bonds. The molecule has 7 nitrogen and oxygen atoms in total.